The SMILES string of the molecule is CCn1nc(C)cc1CNN1CCCCC1. The van der Waals surface area contributed by atoms with Crippen LogP contribution in [0.25, 0.3) is 0 Å². The summed E-state index contributed by atoms with van der Waals surface area (Å²) in [6, 6.07) is 2.17. The number of nitrogens with zero attached hydrogens (tertiary/aromatic N) is 3. The molecule has 1 aromatic rings. The van der Waals surface area contributed by atoms with Crippen molar-refractivity contribution in [3.63, 3.8) is 0 Å². The summed E-state index contributed by atoms with van der Waals surface area (Å²) in [7, 11) is 0. The monoisotopic (exact) mass is 222 g/mol. The molecule has 4 heteroatoms. The number of piperidine rings is 1. The van der Waals surface area contributed by atoms with Crippen LogP contribution in [0.2, 0.25) is 0 Å². The highest BCUT2D eigenvalue weighted by Crippen LogP contribution is 2.08. The van der Waals surface area contributed by atoms with Gasteiger partial charge in [0.2, 0.25) is 0 Å². The molecule has 0 spiro atoms. The molecular weight excluding hydrogens is 200 g/mol. The molecule has 0 atom stereocenters. The lowest BCUT2D eigenvalue weighted by atomic mass is 10.2. The first kappa shape index (κ1) is 11.6. The van der Waals surface area contributed by atoms with Crippen molar-refractivity contribution >= 4 is 0 Å². The Labute approximate surface area is 97.6 Å². The van der Waals surface area contributed by atoms with Gasteiger partial charge in [0.1, 0.15) is 0 Å². The maximum absolute atomic E-state index is 4.45. The second-order valence-electron chi connectivity index (χ2n) is 4.48. The van der Waals surface area contributed by atoms with Crippen LogP contribution in [-0.4, -0.2) is 27.9 Å². The quantitative estimate of drug-likeness (QED) is 0.842. The van der Waals surface area contributed by atoms with E-state index in [1.54, 1.807) is 0 Å². The largest absolute Gasteiger partial charge is 0.268 e. The summed E-state index contributed by atoms with van der Waals surface area (Å²) in [5.74, 6) is 0. The molecule has 2 heterocycles. The zero-order chi connectivity index (χ0) is 11.4. The Morgan fingerprint density at radius 3 is 2.75 bits per heavy atom. The molecule has 4 nitrogen and oxygen atoms in total. The van der Waals surface area contributed by atoms with Crippen LogP contribution in [0.4, 0.5) is 0 Å². The molecule has 0 aromatic carbocycles. The highest BCUT2D eigenvalue weighted by atomic mass is 15.5. The van der Waals surface area contributed by atoms with Crippen molar-refractivity contribution in [3.05, 3.63) is 17.5 Å². The molecule has 1 fully saturated rings. The molecule has 0 unspecified atom stereocenters. The third kappa shape index (κ3) is 2.83. The standard InChI is InChI=1S/C12H22N4/c1-3-16-12(9-11(2)14-16)10-13-15-7-5-4-6-8-15/h9,13H,3-8,10H2,1-2H3. The topological polar surface area (TPSA) is 33.1 Å². The number of hydrazine groups is 1. The average molecular weight is 222 g/mol. The van der Waals surface area contributed by atoms with Crippen molar-refractivity contribution in [2.75, 3.05) is 13.1 Å². The minimum absolute atomic E-state index is 0.898. The van der Waals surface area contributed by atoms with Crippen LogP contribution in [-0.2, 0) is 13.1 Å². The maximum Gasteiger partial charge on any atom is 0.0597 e. The van der Waals surface area contributed by atoms with E-state index in [2.05, 4.69) is 40.1 Å². The fourth-order valence-electron chi connectivity index (χ4n) is 2.26. The molecule has 0 aliphatic carbocycles. The lowest BCUT2D eigenvalue weighted by Crippen LogP contribution is -2.41. The van der Waals surface area contributed by atoms with Crippen LogP contribution < -0.4 is 5.43 Å². The van der Waals surface area contributed by atoms with Gasteiger partial charge >= 0.3 is 0 Å². The Hall–Kier alpha value is -0.870. The highest BCUT2D eigenvalue weighted by molar-refractivity contribution is 5.08. The first-order chi connectivity index (χ1) is 7.79. The van der Waals surface area contributed by atoms with Crippen molar-refractivity contribution in [2.45, 2.75) is 46.2 Å². The van der Waals surface area contributed by atoms with E-state index in [1.165, 1.54) is 38.0 Å². The fraction of sp³-hybridized carbons (Fsp3) is 0.750. The minimum Gasteiger partial charge on any atom is -0.268 e. The molecule has 16 heavy (non-hydrogen) atoms. The number of hydrogen-bond acceptors (Lipinski definition) is 3. The number of hydrogen-bond donors (Lipinski definition) is 1. The van der Waals surface area contributed by atoms with E-state index < -0.39 is 0 Å². The molecule has 0 amide bonds. The van der Waals surface area contributed by atoms with Gasteiger partial charge in [-0.05, 0) is 32.8 Å². The molecular formula is C12H22N4. The van der Waals surface area contributed by atoms with Gasteiger partial charge < -0.3 is 0 Å². The number of nitrogens with one attached hydrogen (secondary N) is 1. The number of aryl methyl sites for hydroxylation is 2. The molecule has 0 bridgehead atoms. The number of aromatic nitrogens is 2. The van der Waals surface area contributed by atoms with Gasteiger partial charge in [-0.15, -0.1) is 0 Å². The van der Waals surface area contributed by atoms with Crippen LogP contribution >= 0.6 is 0 Å². The third-order valence-electron chi connectivity index (χ3n) is 3.12. The van der Waals surface area contributed by atoms with Crippen molar-refractivity contribution in [1.82, 2.24) is 20.2 Å². The van der Waals surface area contributed by atoms with E-state index in [9.17, 15) is 0 Å². The van der Waals surface area contributed by atoms with E-state index in [0.29, 0.717) is 0 Å². The highest BCUT2D eigenvalue weighted by Gasteiger charge is 2.10. The molecule has 1 aliphatic heterocycles. The Kier molecular flexibility index (Phi) is 3.96. The van der Waals surface area contributed by atoms with Gasteiger partial charge in [-0.3, -0.25) is 4.68 Å². The lowest BCUT2D eigenvalue weighted by Gasteiger charge is -2.27. The normalized spacial score (nSPS) is 17.9. The molecule has 90 valence electrons. The fourth-order valence-corrected chi connectivity index (χ4v) is 2.26. The van der Waals surface area contributed by atoms with Gasteiger partial charge in [-0.25, -0.2) is 10.4 Å². The Balaban J connectivity index is 1.87. The Morgan fingerprint density at radius 2 is 2.06 bits per heavy atom. The molecule has 1 aliphatic rings. The van der Waals surface area contributed by atoms with Gasteiger partial charge in [0, 0.05) is 19.6 Å². The average Bonchev–Trinajstić information content (AvgIpc) is 2.68. The Morgan fingerprint density at radius 1 is 1.31 bits per heavy atom. The van der Waals surface area contributed by atoms with E-state index in [1.807, 2.05) is 0 Å². The molecule has 1 N–H and O–H groups in total. The second-order valence-corrected chi connectivity index (χ2v) is 4.48. The summed E-state index contributed by atoms with van der Waals surface area (Å²) in [6.07, 6.45) is 4.02. The van der Waals surface area contributed by atoms with Gasteiger partial charge in [-0.1, -0.05) is 6.42 Å². The van der Waals surface area contributed by atoms with E-state index in [-0.39, 0.29) is 0 Å². The summed E-state index contributed by atoms with van der Waals surface area (Å²) in [5, 5.41) is 6.79. The smallest absolute Gasteiger partial charge is 0.0597 e. The zero-order valence-corrected chi connectivity index (χ0v) is 10.4. The second kappa shape index (κ2) is 5.46. The van der Waals surface area contributed by atoms with E-state index >= 15 is 0 Å². The molecule has 1 saturated heterocycles. The summed E-state index contributed by atoms with van der Waals surface area (Å²) in [4.78, 5) is 0. The van der Waals surface area contributed by atoms with Crippen LogP contribution in [0.3, 0.4) is 0 Å². The van der Waals surface area contributed by atoms with Gasteiger partial charge in [-0.2, -0.15) is 5.10 Å². The van der Waals surface area contributed by atoms with Crippen molar-refractivity contribution < 1.29 is 0 Å². The summed E-state index contributed by atoms with van der Waals surface area (Å²) < 4.78 is 2.08. The van der Waals surface area contributed by atoms with E-state index in [4.69, 9.17) is 0 Å². The first-order valence-corrected chi connectivity index (χ1v) is 6.31. The molecule has 0 saturated carbocycles. The van der Waals surface area contributed by atoms with E-state index in [0.717, 1.165) is 18.8 Å². The van der Waals surface area contributed by atoms with Crippen molar-refractivity contribution in [3.8, 4) is 0 Å². The van der Waals surface area contributed by atoms with Crippen molar-refractivity contribution in [1.29, 1.82) is 0 Å². The van der Waals surface area contributed by atoms with Crippen LogP contribution in [0.15, 0.2) is 6.07 Å². The van der Waals surface area contributed by atoms with Gasteiger partial charge in [0.15, 0.2) is 0 Å². The van der Waals surface area contributed by atoms with Crippen LogP contribution in [0.1, 0.15) is 37.6 Å². The van der Waals surface area contributed by atoms with Crippen molar-refractivity contribution in [2.24, 2.45) is 0 Å². The zero-order valence-electron chi connectivity index (χ0n) is 10.4. The van der Waals surface area contributed by atoms with Gasteiger partial charge in [0.05, 0.1) is 17.9 Å². The summed E-state index contributed by atoms with van der Waals surface area (Å²) >= 11 is 0. The molecule has 2 rings (SSSR count). The lowest BCUT2D eigenvalue weighted by molar-refractivity contribution is 0.149. The number of rotatable bonds is 4. The predicted octanol–water partition coefficient (Wildman–Crippen LogP) is 1.70. The van der Waals surface area contributed by atoms with Gasteiger partial charge in [0.25, 0.3) is 0 Å². The first-order valence-electron chi connectivity index (χ1n) is 6.31. The van der Waals surface area contributed by atoms with Crippen LogP contribution in [0.5, 0.6) is 0 Å². The summed E-state index contributed by atoms with van der Waals surface area (Å²) in [5.41, 5.74) is 5.89. The maximum atomic E-state index is 4.45. The third-order valence-corrected chi connectivity index (χ3v) is 3.12. The predicted molar refractivity (Wildman–Crippen MR) is 64.9 cm³/mol. The molecule has 0 radical (unpaired) electrons. The summed E-state index contributed by atoms with van der Waals surface area (Å²) in [6.45, 7) is 8.39. The molecule has 1 aromatic heterocycles. The Bertz CT molecular complexity index is 326. The van der Waals surface area contributed by atoms with Crippen LogP contribution in [0, 0.1) is 6.92 Å². The minimum atomic E-state index is 0.898.